The summed E-state index contributed by atoms with van der Waals surface area (Å²) < 4.78 is 4.66. The highest BCUT2D eigenvalue weighted by Gasteiger charge is 2.29. The molecule has 0 bridgehead atoms. The second-order valence-electron chi connectivity index (χ2n) is 4.99. The van der Waals surface area contributed by atoms with Crippen LogP contribution < -0.4 is 4.90 Å². The summed E-state index contributed by atoms with van der Waals surface area (Å²) in [4.78, 5) is 27.6. The van der Waals surface area contributed by atoms with E-state index in [1.807, 2.05) is 31.2 Å². The van der Waals surface area contributed by atoms with Gasteiger partial charge >= 0.3 is 0 Å². The summed E-state index contributed by atoms with van der Waals surface area (Å²) >= 11 is 0. The van der Waals surface area contributed by atoms with Crippen LogP contribution in [-0.4, -0.2) is 41.5 Å². The van der Waals surface area contributed by atoms with Gasteiger partial charge in [0.2, 0.25) is 5.91 Å². The third-order valence-electron chi connectivity index (χ3n) is 3.51. The zero-order chi connectivity index (χ0) is 14.8. The van der Waals surface area contributed by atoms with E-state index >= 15 is 0 Å². The van der Waals surface area contributed by atoms with Gasteiger partial charge < -0.3 is 14.3 Å². The molecule has 6 heteroatoms. The fraction of sp³-hybridized carbons (Fsp3) is 0.267. The van der Waals surface area contributed by atoms with E-state index in [0.717, 1.165) is 11.3 Å². The number of nitrogens with zero attached hydrogens (tertiary/aromatic N) is 3. The molecule has 0 radical (unpaired) electrons. The number of carbonyl (C=O) groups excluding carboxylic acids is 2. The van der Waals surface area contributed by atoms with Crippen LogP contribution in [0, 0.1) is 6.92 Å². The molecule has 0 atom stereocenters. The van der Waals surface area contributed by atoms with Crippen LogP contribution >= 0.6 is 0 Å². The minimum absolute atomic E-state index is 0.0551. The molecule has 21 heavy (non-hydrogen) atoms. The van der Waals surface area contributed by atoms with Gasteiger partial charge in [-0.15, -0.1) is 0 Å². The molecule has 0 saturated carbocycles. The Morgan fingerprint density at radius 1 is 1.19 bits per heavy atom. The molecule has 1 saturated heterocycles. The van der Waals surface area contributed by atoms with Crippen LogP contribution in [0.4, 0.5) is 5.69 Å². The van der Waals surface area contributed by atoms with Gasteiger partial charge in [-0.05, 0) is 19.1 Å². The van der Waals surface area contributed by atoms with Crippen molar-refractivity contribution in [2.45, 2.75) is 6.92 Å². The van der Waals surface area contributed by atoms with Gasteiger partial charge in [0.1, 0.15) is 12.8 Å². The average molecular weight is 285 g/mol. The first-order valence-electron chi connectivity index (χ1n) is 6.72. The van der Waals surface area contributed by atoms with E-state index in [4.69, 9.17) is 0 Å². The molecule has 0 spiro atoms. The highest BCUT2D eigenvalue weighted by molar-refractivity contribution is 6.00. The molecule has 2 heterocycles. The van der Waals surface area contributed by atoms with E-state index in [-0.39, 0.29) is 24.1 Å². The Hall–Kier alpha value is -2.63. The molecule has 3 rings (SSSR count). The number of amides is 2. The van der Waals surface area contributed by atoms with Crippen LogP contribution in [0.3, 0.4) is 0 Å². The lowest BCUT2D eigenvalue weighted by atomic mass is 10.2. The first-order chi connectivity index (χ1) is 10.1. The zero-order valence-electron chi connectivity index (χ0n) is 11.7. The van der Waals surface area contributed by atoms with Crippen LogP contribution in [0.25, 0.3) is 0 Å². The number of benzene rings is 1. The van der Waals surface area contributed by atoms with Gasteiger partial charge in [-0.1, -0.05) is 22.9 Å². The van der Waals surface area contributed by atoms with Crippen molar-refractivity contribution in [3.8, 4) is 0 Å². The number of rotatable bonds is 2. The number of aromatic nitrogens is 1. The van der Waals surface area contributed by atoms with E-state index in [1.54, 1.807) is 4.90 Å². The van der Waals surface area contributed by atoms with Crippen molar-refractivity contribution < 1.29 is 14.1 Å². The standard InChI is InChI=1S/C15H15N3O3/c1-11-2-4-12(5-3-11)18-8-7-17(10-14(18)19)15(20)13-6-9-21-16-13/h2-6,9H,7-8,10H2,1H3. The van der Waals surface area contributed by atoms with E-state index in [2.05, 4.69) is 9.68 Å². The monoisotopic (exact) mass is 285 g/mol. The van der Waals surface area contributed by atoms with Gasteiger partial charge in [0, 0.05) is 24.8 Å². The molecule has 1 aliphatic rings. The number of hydrogen-bond acceptors (Lipinski definition) is 4. The van der Waals surface area contributed by atoms with Gasteiger partial charge in [0.05, 0.1) is 0 Å². The van der Waals surface area contributed by atoms with E-state index in [0.29, 0.717) is 13.1 Å². The number of aryl methyl sites for hydroxylation is 1. The fourth-order valence-electron chi connectivity index (χ4n) is 2.33. The maximum atomic E-state index is 12.3. The summed E-state index contributed by atoms with van der Waals surface area (Å²) in [5.74, 6) is -0.373. The fourth-order valence-corrected chi connectivity index (χ4v) is 2.33. The molecule has 2 aromatic rings. The van der Waals surface area contributed by atoms with Crippen molar-refractivity contribution in [3.63, 3.8) is 0 Å². The van der Waals surface area contributed by atoms with Gasteiger partial charge in [0.25, 0.3) is 5.91 Å². The zero-order valence-corrected chi connectivity index (χ0v) is 11.7. The van der Waals surface area contributed by atoms with Crippen molar-refractivity contribution in [2.24, 2.45) is 0 Å². The summed E-state index contributed by atoms with van der Waals surface area (Å²) in [5, 5.41) is 3.61. The van der Waals surface area contributed by atoms with Crippen molar-refractivity contribution in [1.82, 2.24) is 10.1 Å². The van der Waals surface area contributed by atoms with Crippen molar-refractivity contribution in [2.75, 3.05) is 24.5 Å². The van der Waals surface area contributed by atoms with E-state index < -0.39 is 0 Å². The minimum Gasteiger partial charge on any atom is -0.364 e. The number of hydrogen-bond donors (Lipinski definition) is 0. The second kappa shape index (κ2) is 5.40. The molecule has 1 fully saturated rings. The summed E-state index contributed by atoms with van der Waals surface area (Å²) in [6.07, 6.45) is 1.34. The first-order valence-corrected chi connectivity index (χ1v) is 6.72. The van der Waals surface area contributed by atoms with Crippen LogP contribution in [-0.2, 0) is 4.79 Å². The molecular formula is C15H15N3O3. The minimum atomic E-state index is -0.277. The van der Waals surface area contributed by atoms with Crippen LogP contribution in [0.5, 0.6) is 0 Å². The first kappa shape index (κ1) is 13.4. The molecular weight excluding hydrogens is 270 g/mol. The lowest BCUT2D eigenvalue weighted by Gasteiger charge is -2.34. The van der Waals surface area contributed by atoms with E-state index in [1.165, 1.54) is 17.2 Å². The third kappa shape index (κ3) is 2.65. The number of piperazine rings is 1. The summed E-state index contributed by atoms with van der Waals surface area (Å²) in [7, 11) is 0. The van der Waals surface area contributed by atoms with Crippen LogP contribution in [0.2, 0.25) is 0 Å². The maximum absolute atomic E-state index is 12.3. The largest absolute Gasteiger partial charge is 0.364 e. The van der Waals surface area contributed by atoms with Gasteiger partial charge in [-0.25, -0.2) is 0 Å². The average Bonchev–Trinajstić information content (AvgIpc) is 3.02. The molecule has 0 unspecified atom stereocenters. The summed E-state index contributed by atoms with van der Waals surface area (Å²) in [5.41, 5.74) is 2.23. The highest BCUT2D eigenvalue weighted by Crippen LogP contribution is 2.18. The quantitative estimate of drug-likeness (QED) is 0.838. The Kier molecular flexibility index (Phi) is 3.43. The lowest BCUT2D eigenvalue weighted by Crippen LogP contribution is -2.52. The van der Waals surface area contributed by atoms with Crippen molar-refractivity contribution in [1.29, 1.82) is 0 Å². The predicted molar refractivity (Wildman–Crippen MR) is 75.9 cm³/mol. The van der Waals surface area contributed by atoms with Crippen LogP contribution in [0.1, 0.15) is 16.1 Å². The SMILES string of the molecule is Cc1ccc(N2CCN(C(=O)c3ccon3)CC2=O)cc1. The molecule has 1 aromatic heterocycles. The smallest absolute Gasteiger partial charge is 0.276 e. The van der Waals surface area contributed by atoms with Crippen LogP contribution in [0.15, 0.2) is 41.1 Å². The number of anilines is 1. The molecule has 6 nitrogen and oxygen atoms in total. The topological polar surface area (TPSA) is 66.7 Å². The van der Waals surface area contributed by atoms with Crippen molar-refractivity contribution in [3.05, 3.63) is 47.9 Å². The predicted octanol–water partition coefficient (Wildman–Crippen LogP) is 1.47. The second-order valence-corrected chi connectivity index (χ2v) is 4.99. The Morgan fingerprint density at radius 3 is 2.57 bits per heavy atom. The third-order valence-corrected chi connectivity index (χ3v) is 3.51. The highest BCUT2D eigenvalue weighted by atomic mass is 16.5. The van der Waals surface area contributed by atoms with Crippen molar-refractivity contribution >= 4 is 17.5 Å². The Balaban J connectivity index is 1.71. The number of carbonyl (C=O) groups is 2. The Morgan fingerprint density at radius 2 is 1.95 bits per heavy atom. The molecule has 108 valence electrons. The van der Waals surface area contributed by atoms with E-state index in [9.17, 15) is 9.59 Å². The van der Waals surface area contributed by atoms with Gasteiger partial charge in [-0.2, -0.15) is 0 Å². The molecule has 2 amide bonds. The Labute approximate surface area is 121 Å². The summed E-state index contributed by atoms with van der Waals surface area (Å²) in [6.45, 7) is 3.01. The maximum Gasteiger partial charge on any atom is 0.276 e. The molecule has 1 aromatic carbocycles. The van der Waals surface area contributed by atoms with Gasteiger partial charge in [0.15, 0.2) is 5.69 Å². The molecule has 0 N–H and O–H groups in total. The Bertz CT molecular complexity index is 649. The summed E-state index contributed by atoms with van der Waals surface area (Å²) in [6, 6.07) is 9.27. The normalized spacial score (nSPS) is 15.4. The van der Waals surface area contributed by atoms with Gasteiger partial charge in [-0.3, -0.25) is 9.59 Å². The molecule has 0 aliphatic carbocycles. The molecule has 1 aliphatic heterocycles. The lowest BCUT2D eigenvalue weighted by molar-refractivity contribution is -0.120.